The van der Waals surface area contributed by atoms with E-state index in [0.717, 1.165) is 63.1 Å². The summed E-state index contributed by atoms with van der Waals surface area (Å²) in [6.07, 6.45) is 9.38. The van der Waals surface area contributed by atoms with Crippen LogP contribution in [0.15, 0.2) is 23.3 Å². The van der Waals surface area contributed by atoms with Crippen molar-refractivity contribution in [2.75, 3.05) is 32.8 Å². The minimum atomic E-state index is 0. The van der Waals surface area contributed by atoms with Crippen molar-refractivity contribution in [3.05, 3.63) is 23.9 Å². The highest BCUT2D eigenvalue weighted by atomic mass is 127. The zero-order valence-corrected chi connectivity index (χ0v) is 19.2. The monoisotopic (exact) mass is 500 g/mol. The number of likely N-dealkylation sites (tertiary alicyclic amines) is 1. The molecule has 28 heavy (non-hydrogen) atoms. The molecular formula is C21H33IN4O2. The molecule has 0 bridgehead atoms. The molecule has 2 aliphatic heterocycles. The predicted octanol–water partition coefficient (Wildman–Crippen LogP) is 3.60. The Bertz CT molecular complexity index is 658. The van der Waals surface area contributed by atoms with Crippen LogP contribution in [-0.2, 0) is 11.3 Å². The van der Waals surface area contributed by atoms with Gasteiger partial charge in [-0.15, -0.1) is 24.0 Å². The number of rotatable bonds is 5. The third kappa shape index (κ3) is 5.28. The van der Waals surface area contributed by atoms with Gasteiger partial charge in [0.25, 0.3) is 0 Å². The number of hydrogen-bond acceptors (Lipinski definition) is 4. The Balaban J connectivity index is 0.00000225. The molecule has 3 heterocycles. The van der Waals surface area contributed by atoms with Crippen molar-refractivity contribution < 1.29 is 9.47 Å². The fourth-order valence-electron chi connectivity index (χ4n) is 4.47. The van der Waals surface area contributed by atoms with Gasteiger partial charge in [0.2, 0.25) is 5.88 Å². The second kappa shape index (κ2) is 10.1. The predicted molar refractivity (Wildman–Crippen MR) is 121 cm³/mol. The summed E-state index contributed by atoms with van der Waals surface area (Å²) in [6, 6.07) is 4.08. The molecule has 3 aliphatic rings. The summed E-state index contributed by atoms with van der Waals surface area (Å²) in [6.45, 7) is 7.56. The number of hydrogen-bond donors (Lipinski definition) is 1. The van der Waals surface area contributed by atoms with Gasteiger partial charge in [-0.2, -0.15) is 0 Å². The normalized spacial score (nSPS) is 25.3. The fourth-order valence-corrected chi connectivity index (χ4v) is 4.47. The molecule has 4 rings (SSSR count). The average molecular weight is 500 g/mol. The number of ether oxygens (including phenoxy) is 2. The Morgan fingerprint density at radius 1 is 1.39 bits per heavy atom. The van der Waals surface area contributed by atoms with Gasteiger partial charge in [-0.25, -0.2) is 9.98 Å². The van der Waals surface area contributed by atoms with Crippen LogP contribution in [0.3, 0.4) is 0 Å². The van der Waals surface area contributed by atoms with Crippen LogP contribution in [0.1, 0.15) is 51.0 Å². The van der Waals surface area contributed by atoms with Gasteiger partial charge in [-0.3, -0.25) is 0 Å². The van der Waals surface area contributed by atoms with E-state index in [4.69, 9.17) is 14.5 Å². The first-order chi connectivity index (χ1) is 13.3. The lowest BCUT2D eigenvalue weighted by atomic mass is 9.87. The van der Waals surface area contributed by atoms with E-state index in [1.165, 1.54) is 25.7 Å². The van der Waals surface area contributed by atoms with E-state index in [1.54, 1.807) is 0 Å². The molecule has 0 amide bonds. The molecule has 1 aromatic heterocycles. The Hall–Kier alpha value is -1.09. The van der Waals surface area contributed by atoms with Gasteiger partial charge in [-0.05, 0) is 57.1 Å². The van der Waals surface area contributed by atoms with Gasteiger partial charge in [0, 0.05) is 43.9 Å². The van der Waals surface area contributed by atoms with Gasteiger partial charge < -0.3 is 19.7 Å². The SMILES string of the molecule is CCNC(=NCc1ccnc(OC2CCCC2)c1)N1CCC2(CCOC2)C1.I. The van der Waals surface area contributed by atoms with E-state index in [9.17, 15) is 0 Å². The van der Waals surface area contributed by atoms with Gasteiger partial charge in [-0.1, -0.05) is 0 Å². The van der Waals surface area contributed by atoms with Crippen LogP contribution >= 0.6 is 24.0 Å². The molecule has 7 heteroatoms. The second-order valence-corrected chi connectivity index (χ2v) is 8.17. The van der Waals surface area contributed by atoms with Crippen molar-refractivity contribution in [1.82, 2.24) is 15.2 Å². The Labute approximate surface area is 185 Å². The minimum absolute atomic E-state index is 0. The molecule has 156 valence electrons. The molecule has 6 nitrogen and oxygen atoms in total. The third-order valence-corrected chi connectivity index (χ3v) is 6.06. The van der Waals surface area contributed by atoms with E-state index >= 15 is 0 Å². The lowest BCUT2D eigenvalue weighted by Crippen LogP contribution is -2.41. The van der Waals surface area contributed by atoms with Crippen molar-refractivity contribution in [3.8, 4) is 5.88 Å². The van der Waals surface area contributed by atoms with Gasteiger partial charge in [0.05, 0.1) is 13.2 Å². The largest absolute Gasteiger partial charge is 0.474 e. The maximum atomic E-state index is 6.03. The van der Waals surface area contributed by atoms with Crippen molar-refractivity contribution in [2.45, 2.75) is 58.1 Å². The van der Waals surface area contributed by atoms with Crippen LogP contribution in [0.2, 0.25) is 0 Å². The van der Waals surface area contributed by atoms with E-state index in [0.29, 0.717) is 18.1 Å². The highest BCUT2D eigenvalue weighted by Gasteiger charge is 2.42. The van der Waals surface area contributed by atoms with E-state index in [2.05, 4.69) is 22.1 Å². The summed E-state index contributed by atoms with van der Waals surface area (Å²) in [5.41, 5.74) is 1.49. The molecule has 1 N–H and O–H groups in total. The first kappa shape index (κ1) is 21.6. The van der Waals surface area contributed by atoms with Crippen LogP contribution in [0, 0.1) is 5.41 Å². The fraction of sp³-hybridized carbons (Fsp3) is 0.714. The summed E-state index contributed by atoms with van der Waals surface area (Å²) in [4.78, 5) is 11.7. The summed E-state index contributed by atoms with van der Waals surface area (Å²) >= 11 is 0. The maximum absolute atomic E-state index is 6.03. The number of nitrogens with one attached hydrogen (secondary N) is 1. The van der Waals surface area contributed by atoms with E-state index < -0.39 is 0 Å². The lowest BCUT2D eigenvalue weighted by molar-refractivity contribution is 0.156. The average Bonchev–Trinajstić information content (AvgIpc) is 3.43. The molecule has 1 atom stereocenters. The van der Waals surface area contributed by atoms with Crippen LogP contribution in [-0.4, -0.2) is 54.8 Å². The Morgan fingerprint density at radius 3 is 3.00 bits per heavy atom. The van der Waals surface area contributed by atoms with Crippen molar-refractivity contribution in [1.29, 1.82) is 0 Å². The van der Waals surface area contributed by atoms with Crippen molar-refractivity contribution >= 4 is 29.9 Å². The van der Waals surface area contributed by atoms with Crippen LogP contribution in [0.5, 0.6) is 5.88 Å². The molecule has 1 aliphatic carbocycles. The first-order valence-electron chi connectivity index (χ1n) is 10.5. The van der Waals surface area contributed by atoms with Crippen molar-refractivity contribution in [3.63, 3.8) is 0 Å². The highest BCUT2D eigenvalue weighted by Crippen LogP contribution is 2.38. The first-order valence-corrected chi connectivity index (χ1v) is 10.5. The van der Waals surface area contributed by atoms with Crippen LogP contribution in [0.4, 0.5) is 0 Å². The molecule has 1 spiro atoms. The second-order valence-electron chi connectivity index (χ2n) is 8.17. The summed E-state index contributed by atoms with van der Waals surface area (Å²) in [7, 11) is 0. The van der Waals surface area contributed by atoms with E-state index in [-0.39, 0.29) is 24.0 Å². The van der Waals surface area contributed by atoms with Crippen LogP contribution in [0.25, 0.3) is 0 Å². The molecule has 1 aromatic rings. The third-order valence-electron chi connectivity index (χ3n) is 6.06. The van der Waals surface area contributed by atoms with Crippen molar-refractivity contribution in [2.24, 2.45) is 10.4 Å². The molecule has 0 aromatic carbocycles. The van der Waals surface area contributed by atoms with Gasteiger partial charge in [0.1, 0.15) is 6.10 Å². The molecule has 1 saturated carbocycles. The maximum Gasteiger partial charge on any atom is 0.213 e. The molecular weight excluding hydrogens is 467 g/mol. The number of aliphatic imine (C=N–C) groups is 1. The highest BCUT2D eigenvalue weighted by molar-refractivity contribution is 14.0. The smallest absolute Gasteiger partial charge is 0.213 e. The molecule has 3 fully saturated rings. The number of halogens is 1. The molecule has 2 saturated heterocycles. The topological polar surface area (TPSA) is 59.0 Å². The lowest BCUT2D eigenvalue weighted by Gasteiger charge is -2.25. The molecule has 1 unspecified atom stereocenters. The van der Waals surface area contributed by atoms with Crippen LogP contribution < -0.4 is 10.1 Å². The summed E-state index contributed by atoms with van der Waals surface area (Å²) in [5.74, 6) is 1.75. The standard InChI is InChI=1S/C21H32N4O2.HI/c1-2-22-20(25-11-8-21(15-25)9-12-26-16-21)24-14-17-7-10-23-19(13-17)27-18-5-3-4-6-18;/h7,10,13,18H,2-6,8-9,11-12,14-16H2,1H3,(H,22,24);1H. The van der Waals surface area contributed by atoms with Gasteiger partial charge in [0.15, 0.2) is 5.96 Å². The Morgan fingerprint density at radius 2 is 2.25 bits per heavy atom. The quantitative estimate of drug-likeness (QED) is 0.381. The number of pyridine rings is 1. The summed E-state index contributed by atoms with van der Waals surface area (Å²) < 4.78 is 11.7. The molecule has 0 radical (unpaired) electrons. The van der Waals surface area contributed by atoms with Gasteiger partial charge >= 0.3 is 0 Å². The minimum Gasteiger partial charge on any atom is -0.474 e. The number of aromatic nitrogens is 1. The van der Waals surface area contributed by atoms with E-state index in [1.807, 2.05) is 18.3 Å². The Kier molecular flexibility index (Phi) is 7.79. The number of nitrogens with zero attached hydrogens (tertiary/aromatic N) is 3. The zero-order chi connectivity index (χ0) is 18.5. The summed E-state index contributed by atoms with van der Waals surface area (Å²) in [5, 5.41) is 3.46. The zero-order valence-electron chi connectivity index (χ0n) is 16.9. The number of guanidine groups is 1.